The highest BCUT2D eigenvalue weighted by Gasteiger charge is 2.34. The summed E-state index contributed by atoms with van der Waals surface area (Å²) in [5.74, 6) is 0.904. The van der Waals surface area contributed by atoms with E-state index in [1.54, 1.807) is 11.3 Å². The number of rotatable bonds is 6. The summed E-state index contributed by atoms with van der Waals surface area (Å²) >= 11 is 1.64. The highest BCUT2D eigenvalue weighted by molar-refractivity contribution is 7.11. The van der Waals surface area contributed by atoms with E-state index in [-0.39, 0.29) is 5.92 Å². The Hall–Kier alpha value is -1.35. The van der Waals surface area contributed by atoms with Crippen molar-refractivity contribution in [3.63, 3.8) is 0 Å². The van der Waals surface area contributed by atoms with E-state index in [2.05, 4.69) is 20.6 Å². The highest BCUT2D eigenvalue weighted by atomic mass is 32.1. The molecule has 0 radical (unpaired) electrons. The molecule has 1 saturated heterocycles. The van der Waals surface area contributed by atoms with Crippen LogP contribution in [0.2, 0.25) is 0 Å². The molecule has 1 aliphatic heterocycles. The van der Waals surface area contributed by atoms with Gasteiger partial charge >= 0.3 is 6.18 Å². The van der Waals surface area contributed by atoms with E-state index in [4.69, 9.17) is 0 Å². The summed E-state index contributed by atoms with van der Waals surface area (Å²) in [6.07, 6.45) is -3.35. The number of alkyl halides is 3. The lowest BCUT2D eigenvalue weighted by Gasteiger charge is -2.18. The van der Waals surface area contributed by atoms with Crippen molar-refractivity contribution in [3.8, 4) is 0 Å². The molecule has 1 aromatic rings. The van der Waals surface area contributed by atoms with Gasteiger partial charge in [-0.1, -0.05) is 0 Å². The Morgan fingerprint density at radius 3 is 2.72 bits per heavy atom. The van der Waals surface area contributed by atoms with Gasteiger partial charge < -0.3 is 10.6 Å². The SMILES string of the molecule is CCNC(=NCc1sc(C)nc1C)NCC1CCN(CC(F)(F)F)C1. The fourth-order valence-electron chi connectivity index (χ4n) is 2.93. The minimum Gasteiger partial charge on any atom is -0.357 e. The predicted octanol–water partition coefficient (Wildman–Crippen LogP) is 2.70. The number of likely N-dealkylation sites (tertiary alicyclic amines) is 1. The third-order valence-electron chi connectivity index (χ3n) is 4.06. The Morgan fingerprint density at radius 1 is 1.36 bits per heavy atom. The first kappa shape index (κ1) is 20.0. The highest BCUT2D eigenvalue weighted by Crippen LogP contribution is 2.22. The fourth-order valence-corrected chi connectivity index (χ4v) is 3.79. The zero-order chi connectivity index (χ0) is 18.4. The molecular formula is C16H26F3N5S. The summed E-state index contributed by atoms with van der Waals surface area (Å²) in [5.41, 5.74) is 1.00. The van der Waals surface area contributed by atoms with Crippen LogP contribution in [0.15, 0.2) is 4.99 Å². The maximum Gasteiger partial charge on any atom is 0.401 e. The number of nitrogens with zero attached hydrogens (tertiary/aromatic N) is 3. The van der Waals surface area contributed by atoms with Crippen LogP contribution in [0, 0.1) is 19.8 Å². The molecule has 5 nitrogen and oxygen atoms in total. The van der Waals surface area contributed by atoms with Crippen molar-refractivity contribution in [1.82, 2.24) is 20.5 Å². The second-order valence-electron chi connectivity index (χ2n) is 6.32. The summed E-state index contributed by atoms with van der Waals surface area (Å²) in [6.45, 7) is 8.00. The van der Waals surface area contributed by atoms with E-state index in [9.17, 15) is 13.2 Å². The second-order valence-corrected chi connectivity index (χ2v) is 7.61. The Kier molecular flexibility index (Phi) is 7.06. The maximum absolute atomic E-state index is 12.5. The number of guanidine groups is 1. The molecule has 0 spiro atoms. The maximum atomic E-state index is 12.5. The standard InChI is InChI=1S/C16H26F3N5S/c1-4-20-15(22-8-14-11(2)23-12(3)25-14)21-7-13-5-6-24(9-13)10-16(17,18)19/h13H,4-10H2,1-3H3,(H2,20,21,22). The van der Waals surface area contributed by atoms with E-state index >= 15 is 0 Å². The van der Waals surface area contributed by atoms with Crippen LogP contribution in [0.25, 0.3) is 0 Å². The van der Waals surface area contributed by atoms with E-state index in [1.165, 1.54) is 4.90 Å². The van der Waals surface area contributed by atoms with Crippen LogP contribution in [0.3, 0.4) is 0 Å². The molecule has 1 unspecified atom stereocenters. The third kappa shape index (κ3) is 6.81. The molecule has 1 fully saturated rings. The van der Waals surface area contributed by atoms with Crippen LogP contribution in [0.5, 0.6) is 0 Å². The van der Waals surface area contributed by atoms with Crippen LogP contribution in [-0.4, -0.2) is 54.7 Å². The zero-order valence-corrected chi connectivity index (χ0v) is 15.7. The van der Waals surface area contributed by atoms with E-state index < -0.39 is 12.7 Å². The van der Waals surface area contributed by atoms with Crippen molar-refractivity contribution >= 4 is 17.3 Å². The molecule has 1 aromatic heterocycles. The zero-order valence-electron chi connectivity index (χ0n) is 14.9. The average Bonchev–Trinajstić information content (AvgIpc) is 3.06. The molecule has 9 heteroatoms. The summed E-state index contributed by atoms with van der Waals surface area (Å²) in [7, 11) is 0. The van der Waals surface area contributed by atoms with E-state index in [0.29, 0.717) is 32.1 Å². The Labute approximate surface area is 150 Å². The molecule has 142 valence electrons. The van der Waals surface area contributed by atoms with Gasteiger partial charge in [-0.3, -0.25) is 4.90 Å². The molecule has 0 aliphatic carbocycles. The van der Waals surface area contributed by atoms with Crippen molar-refractivity contribution < 1.29 is 13.2 Å². The van der Waals surface area contributed by atoms with Gasteiger partial charge in [-0.15, -0.1) is 11.3 Å². The number of thiazole rings is 1. The molecule has 0 saturated carbocycles. The van der Waals surface area contributed by atoms with Crippen LogP contribution in [0.4, 0.5) is 13.2 Å². The molecule has 2 N–H and O–H groups in total. The predicted molar refractivity (Wildman–Crippen MR) is 95.0 cm³/mol. The largest absolute Gasteiger partial charge is 0.401 e. The Bertz CT molecular complexity index is 585. The molecule has 2 rings (SSSR count). The van der Waals surface area contributed by atoms with Gasteiger partial charge in [0.2, 0.25) is 0 Å². The number of aromatic nitrogens is 1. The lowest BCUT2D eigenvalue weighted by Crippen LogP contribution is -2.40. The van der Waals surface area contributed by atoms with Crippen LogP contribution in [0.1, 0.15) is 28.9 Å². The molecule has 1 atom stereocenters. The minimum absolute atomic E-state index is 0.207. The second kappa shape index (κ2) is 8.84. The molecule has 0 amide bonds. The fraction of sp³-hybridized carbons (Fsp3) is 0.750. The molecule has 0 bridgehead atoms. The summed E-state index contributed by atoms with van der Waals surface area (Å²) < 4.78 is 37.4. The smallest absolute Gasteiger partial charge is 0.357 e. The molecule has 2 heterocycles. The van der Waals surface area contributed by atoms with Crippen molar-refractivity contribution in [2.45, 2.75) is 39.9 Å². The topological polar surface area (TPSA) is 52.6 Å². The van der Waals surface area contributed by atoms with E-state index in [0.717, 1.165) is 28.5 Å². The van der Waals surface area contributed by atoms with Crippen molar-refractivity contribution in [2.75, 3.05) is 32.7 Å². The third-order valence-corrected chi connectivity index (χ3v) is 5.11. The molecule has 0 aromatic carbocycles. The number of nitrogens with one attached hydrogen (secondary N) is 2. The number of hydrogen-bond acceptors (Lipinski definition) is 4. The van der Waals surface area contributed by atoms with Gasteiger partial charge in [-0.05, 0) is 39.7 Å². The lowest BCUT2D eigenvalue weighted by molar-refractivity contribution is -0.143. The van der Waals surface area contributed by atoms with Crippen molar-refractivity contribution in [1.29, 1.82) is 0 Å². The number of aryl methyl sites for hydroxylation is 2. The summed E-state index contributed by atoms with van der Waals surface area (Å²) in [4.78, 5) is 11.6. The van der Waals surface area contributed by atoms with Crippen molar-refractivity contribution in [2.24, 2.45) is 10.9 Å². The van der Waals surface area contributed by atoms with E-state index in [1.807, 2.05) is 20.8 Å². The van der Waals surface area contributed by atoms with Gasteiger partial charge in [-0.2, -0.15) is 13.2 Å². The summed E-state index contributed by atoms with van der Waals surface area (Å²) in [6, 6.07) is 0. The number of aliphatic imine (C=N–C) groups is 1. The summed E-state index contributed by atoms with van der Waals surface area (Å²) in [5, 5.41) is 7.46. The van der Waals surface area contributed by atoms with Gasteiger partial charge in [0.05, 0.1) is 23.8 Å². The molecular weight excluding hydrogens is 351 g/mol. The monoisotopic (exact) mass is 377 g/mol. The van der Waals surface area contributed by atoms with Crippen LogP contribution < -0.4 is 10.6 Å². The van der Waals surface area contributed by atoms with Gasteiger partial charge in [-0.25, -0.2) is 9.98 Å². The van der Waals surface area contributed by atoms with Gasteiger partial charge in [0, 0.05) is 24.5 Å². The first-order valence-corrected chi connectivity index (χ1v) is 9.32. The van der Waals surface area contributed by atoms with Gasteiger partial charge in [0.1, 0.15) is 0 Å². The molecule has 25 heavy (non-hydrogen) atoms. The number of hydrogen-bond donors (Lipinski definition) is 2. The van der Waals surface area contributed by atoms with Crippen LogP contribution in [-0.2, 0) is 6.54 Å². The minimum atomic E-state index is -4.12. The Morgan fingerprint density at radius 2 is 2.12 bits per heavy atom. The average molecular weight is 377 g/mol. The van der Waals surface area contributed by atoms with Crippen molar-refractivity contribution in [3.05, 3.63) is 15.6 Å². The van der Waals surface area contributed by atoms with Gasteiger partial charge in [0.15, 0.2) is 5.96 Å². The van der Waals surface area contributed by atoms with Crippen LogP contribution >= 0.6 is 11.3 Å². The Balaban J connectivity index is 1.83. The van der Waals surface area contributed by atoms with Gasteiger partial charge in [0.25, 0.3) is 0 Å². The first-order chi connectivity index (χ1) is 11.8. The first-order valence-electron chi connectivity index (χ1n) is 8.51. The molecule has 1 aliphatic rings. The number of halogens is 3. The lowest BCUT2D eigenvalue weighted by atomic mass is 10.1. The normalized spacial score (nSPS) is 19.4. The quantitative estimate of drug-likeness (QED) is 0.591.